The van der Waals surface area contributed by atoms with Gasteiger partial charge in [0.05, 0.1) is 11.8 Å². The molecule has 0 aromatic heterocycles. The molecule has 1 saturated carbocycles. The molecule has 2 aliphatic heterocycles. The Kier molecular flexibility index (Phi) is 7.82. The van der Waals surface area contributed by atoms with E-state index in [1.165, 1.54) is 6.08 Å². The van der Waals surface area contributed by atoms with E-state index in [0.29, 0.717) is 18.6 Å². The quantitative estimate of drug-likeness (QED) is 0.102. The molecule has 48 heavy (non-hydrogen) atoms. The molecule has 256 valence electrons. The lowest BCUT2D eigenvalue weighted by atomic mass is 9.56. The van der Waals surface area contributed by atoms with Crippen molar-refractivity contribution in [2.45, 2.75) is 48.2 Å². The summed E-state index contributed by atoms with van der Waals surface area (Å²) in [5.74, 6) is -25.2. The molecule has 8 nitrogen and oxygen atoms in total. The number of imide groups is 2. The summed E-state index contributed by atoms with van der Waals surface area (Å²) in [6.45, 7) is 1.69. The van der Waals surface area contributed by atoms with Gasteiger partial charge in [-0.15, -0.1) is 36.4 Å². The Balaban J connectivity index is 1.61. The molecule has 0 bridgehead atoms. The summed E-state index contributed by atoms with van der Waals surface area (Å²) in [7, 11) is 0. The highest BCUT2D eigenvalue weighted by Crippen LogP contribution is 2.67. The fourth-order valence-electron chi connectivity index (χ4n) is 7.38. The van der Waals surface area contributed by atoms with Gasteiger partial charge in [0.15, 0.2) is 33.0 Å². The number of halogens is 10. The number of anilines is 1. The smallest absolute Gasteiger partial charge is 0.508 e. The van der Waals surface area contributed by atoms with E-state index in [2.05, 4.69) is 4.74 Å². The Morgan fingerprint density at radius 1 is 0.917 bits per heavy atom. The first-order valence-electron chi connectivity index (χ1n) is 14.2. The molecule has 6 rings (SSSR count). The van der Waals surface area contributed by atoms with Gasteiger partial charge in [-0.05, 0) is 43.4 Å². The van der Waals surface area contributed by atoms with E-state index < -0.39 is 127 Å². The number of ether oxygens (including phenoxy) is 1. The van der Waals surface area contributed by atoms with Crippen LogP contribution >= 0.6 is 23.2 Å². The third-order valence-corrected chi connectivity index (χ3v) is 10.7. The van der Waals surface area contributed by atoms with Gasteiger partial charge in [-0.25, -0.2) is 26.9 Å². The predicted octanol–water partition coefficient (Wildman–Crippen LogP) is 5.96. The zero-order valence-electron chi connectivity index (χ0n) is 24.1. The predicted molar refractivity (Wildman–Crippen MR) is 148 cm³/mol. The van der Waals surface area contributed by atoms with Crippen molar-refractivity contribution in [2.24, 2.45) is 17.8 Å². The number of phenolic OH excluding ortho intramolecular Hbond substituents is 1. The molecule has 2 aliphatic carbocycles. The van der Waals surface area contributed by atoms with Crippen molar-refractivity contribution in [1.82, 2.24) is 4.90 Å². The number of likely N-dealkylation sites (tertiary alicyclic amines) is 1. The molecule has 2 heterocycles. The van der Waals surface area contributed by atoms with Gasteiger partial charge in [0.25, 0.3) is 11.8 Å². The second-order valence-electron chi connectivity index (χ2n) is 11.8. The summed E-state index contributed by atoms with van der Waals surface area (Å²) in [5, 5.41) is 10.9. The number of hydrogen-bond acceptors (Lipinski definition) is 6. The number of fused-ring (bicyclic) bond motifs is 4. The summed E-state index contributed by atoms with van der Waals surface area (Å²) in [6.07, 6.45) is -4.55. The first kappa shape index (κ1) is 34.0. The zero-order valence-corrected chi connectivity index (χ0v) is 25.6. The number of phenols is 1. The van der Waals surface area contributed by atoms with Crippen LogP contribution in [0.2, 0.25) is 0 Å². The standard InChI is InChI=1S/C30H20Cl2F8N2O6/c1-2-7-41-24(44)12-5-4-11-14(16(12)25(41)45)9-28(31)26(46)42(23-21(36)19(34)18(33)20(35)22(23)37)27(47)29(28,32)17(11)13-8-10(3-6-15(13)43)48-30(38,39)40/h3-4,6,8,12,14,16-17,43H,2,5,7,9H2,1H3/t12-,14+,16-,17+,28+,29-/m0/s1. The molecule has 0 unspecified atom stereocenters. The van der Waals surface area contributed by atoms with E-state index in [-0.39, 0.29) is 18.5 Å². The molecule has 2 saturated heterocycles. The molecular weight excluding hydrogens is 707 g/mol. The van der Waals surface area contributed by atoms with Crippen LogP contribution in [-0.4, -0.2) is 56.3 Å². The summed E-state index contributed by atoms with van der Waals surface area (Å²) >= 11 is 13.8. The first-order valence-corrected chi connectivity index (χ1v) is 15.0. The van der Waals surface area contributed by atoms with Crippen LogP contribution in [0, 0.1) is 46.8 Å². The summed E-state index contributed by atoms with van der Waals surface area (Å²) < 4.78 is 116. The van der Waals surface area contributed by atoms with Crippen LogP contribution in [0.1, 0.15) is 37.7 Å². The van der Waals surface area contributed by atoms with Crippen molar-refractivity contribution in [3.05, 3.63) is 64.5 Å². The number of nitrogens with zero attached hydrogens (tertiary/aromatic N) is 2. The second-order valence-corrected chi connectivity index (χ2v) is 13.0. The van der Waals surface area contributed by atoms with Gasteiger partial charge in [0, 0.05) is 18.0 Å². The fraction of sp³-hybridized carbons (Fsp3) is 0.400. The summed E-state index contributed by atoms with van der Waals surface area (Å²) in [4.78, 5) is 49.8. The first-order chi connectivity index (χ1) is 22.3. The number of hydrogen-bond donors (Lipinski definition) is 1. The van der Waals surface area contributed by atoms with Gasteiger partial charge in [-0.2, -0.15) is 0 Å². The van der Waals surface area contributed by atoms with Crippen LogP contribution in [-0.2, 0) is 19.2 Å². The number of amides is 4. The van der Waals surface area contributed by atoms with E-state index in [9.17, 15) is 50.6 Å². The second kappa shape index (κ2) is 11.1. The molecule has 2 aromatic rings. The average molecular weight is 727 g/mol. The van der Waals surface area contributed by atoms with Crippen molar-refractivity contribution in [2.75, 3.05) is 11.4 Å². The van der Waals surface area contributed by atoms with Crippen molar-refractivity contribution in [1.29, 1.82) is 0 Å². The molecule has 0 radical (unpaired) electrons. The average Bonchev–Trinajstić information content (AvgIpc) is 3.34. The minimum absolute atomic E-state index is 0.00463. The monoisotopic (exact) mass is 726 g/mol. The normalized spacial score (nSPS) is 30.0. The van der Waals surface area contributed by atoms with Gasteiger partial charge >= 0.3 is 6.36 Å². The van der Waals surface area contributed by atoms with Crippen molar-refractivity contribution in [3.63, 3.8) is 0 Å². The lowest BCUT2D eigenvalue weighted by molar-refractivity contribution is -0.274. The van der Waals surface area contributed by atoms with E-state index in [1.807, 2.05) is 0 Å². The molecule has 3 fully saturated rings. The van der Waals surface area contributed by atoms with Crippen LogP contribution in [0.15, 0.2) is 29.8 Å². The van der Waals surface area contributed by atoms with Crippen LogP contribution in [0.4, 0.5) is 40.8 Å². The molecule has 4 amide bonds. The third-order valence-electron chi connectivity index (χ3n) is 9.30. The molecule has 6 atom stereocenters. The highest BCUT2D eigenvalue weighted by molar-refractivity contribution is 6.58. The Hall–Kier alpha value is -3.92. The number of aromatic hydroxyl groups is 1. The Labute approximate surface area is 274 Å². The molecule has 0 spiro atoms. The minimum Gasteiger partial charge on any atom is -0.508 e. The number of carbonyl (C=O) groups excluding carboxylic acids is 4. The topological polar surface area (TPSA) is 104 Å². The Bertz CT molecular complexity index is 1830. The Morgan fingerprint density at radius 2 is 1.52 bits per heavy atom. The maximum absolute atomic E-state index is 15.1. The number of alkyl halides is 5. The molecule has 18 heteroatoms. The maximum atomic E-state index is 15.1. The van der Waals surface area contributed by atoms with Crippen LogP contribution < -0.4 is 9.64 Å². The van der Waals surface area contributed by atoms with Crippen LogP contribution in [0.5, 0.6) is 11.5 Å². The highest BCUT2D eigenvalue weighted by atomic mass is 35.5. The van der Waals surface area contributed by atoms with E-state index >= 15 is 8.78 Å². The lowest BCUT2D eigenvalue weighted by Crippen LogP contribution is -2.60. The third kappa shape index (κ3) is 4.47. The number of carbonyl (C=O) groups is 4. The van der Waals surface area contributed by atoms with Crippen molar-refractivity contribution >= 4 is 52.5 Å². The molecule has 1 N–H and O–H groups in total. The van der Waals surface area contributed by atoms with E-state index in [0.717, 1.165) is 11.0 Å². The van der Waals surface area contributed by atoms with E-state index in [1.54, 1.807) is 6.92 Å². The lowest BCUT2D eigenvalue weighted by Gasteiger charge is -2.50. The van der Waals surface area contributed by atoms with Gasteiger partial charge in [0.1, 0.15) is 17.2 Å². The molecular formula is C30H20Cl2F8N2O6. The molecule has 4 aliphatic rings. The molecule has 2 aromatic carbocycles. The number of benzene rings is 2. The van der Waals surface area contributed by atoms with Crippen molar-refractivity contribution in [3.8, 4) is 11.5 Å². The van der Waals surface area contributed by atoms with Crippen molar-refractivity contribution < 1.29 is 64.1 Å². The maximum Gasteiger partial charge on any atom is 0.573 e. The highest BCUT2D eigenvalue weighted by Gasteiger charge is 2.77. The fourth-order valence-corrected chi connectivity index (χ4v) is 8.31. The van der Waals surface area contributed by atoms with Gasteiger partial charge in [-0.3, -0.25) is 24.1 Å². The van der Waals surface area contributed by atoms with Crippen LogP contribution in [0.25, 0.3) is 0 Å². The van der Waals surface area contributed by atoms with Crippen LogP contribution in [0.3, 0.4) is 0 Å². The van der Waals surface area contributed by atoms with Gasteiger partial charge < -0.3 is 9.84 Å². The minimum atomic E-state index is -5.27. The number of allylic oxidation sites excluding steroid dienone is 2. The zero-order chi connectivity index (χ0) is 35.4. The SMILES string of the molecule is CCCN1C(=O)[C@H]2[C@H](CC=C3[C@H]2C[C@@]2(Cl)C(=O)N(c4c(F)c(F)c(F)c(F)c4F)C(=O)[C@@]2(Cl)[C@H]3c2cc(OC(F)(F)F)ccc2O)C1=O. The van der Waals surface area contributed by atoms with Gasteiger partial charge in [-0.1, -0.05) is 18.6 Å². The largest absolute Gasteiger partial charge is 0.573 e. The van der Waals surface area contributed by atoms with E-state index in [4.69, 9.17) is 23.2 Å². The van der Waals surface area contributed by atoms with Gasteiger partial charge in [0.2, 0.25) is 17.6 Å². The summed E-state index contributed by atoms with van der Waals surface area (Å²) in [6, 6.07) is 2.02. The Morgan fingerprint density at radius 3 is 2.10 bits per heavy atom. The number of rotatable bonds is 5. The summed E-state index contributed by atoms with van der Waals surface area (Å²) in [5.41, 5.74) is -2.71.